The standard InChI is InChI=1S/C17H20N2OS/c1-3-14-10-9-12(2)19(14)17-18-16(15(11-20)21-17)13-7-5-4-6-8-13/h4-8,11-12,14H,3,9-10H2,1-2H3. The van der Waals surface area contributed by atoms with E-state index in [9.17, 15) is 4.79 Å². The van der Waals surface area contributed by atoms with Crippen LogP contribution < -0.4 is 4.90 Å². The van der Waals surface area contributed by atoms with E-state index in [1.165, 1.54) is 24.2 Å². The van der Waals surface area contributed by atoms with Crippen molar-refractivity contribution in [1.82, 2.24) is 4.98 Å². The van der Waals surface area contributed by atoms with Crippen LogP contribution in [-0.2, 0) is 0 Å². The molecule has 21 heavy (non-hydrogen) atoms. The normalized spacial score (nSPS) is 21.7. The van der Waals surface area contributed by atoms with Gasteiger partial charge in [-0.3, -0.25) is 4.79 Å². The Kier molecular flexibility index (Phi) is 4.06. The molecule has 1 fully saturated rings. The first-order valence-electron chi connectivity index (χ1n) is 7.54. The molecule has 0 aliphatic carbocycles. The largest absolute Gasteiger partial charge is 0.342 e. The SMILES string of the molecule is CCC1CCC(C)N1c1nc(-c2ccccc2)c(C=O)s1. The second-order valence-corrected chi connectivity index (χ2v) is 6.60. The highest BCUT2D eigenvalue weighted by Crippen LogP contribution is 2.38. The van der Waals surface area contributed by atoms with E-state index in [4.69, 9.17) is 4.98 Å². The van der Waals surface area contributed by atoms with E-state index in [0.29, 0.717) is 12.1 Å². The van der Waals surface area contributed by atoms with Crippen LogP contribution in [-0.4, -0.2) is 23.4 Å². The molecule has 2 atom stereocenters. The van der Waals surface area contributed by atoms with Gasteiger partial charge in [0.1, 0.15) is 0 Å². The van der Waals surface area contributed by atoms with Gasteiger partial charge in [-0.05, 0) is 26.2 Å². The fourth-order valence-corrected chi connectivity index (χ4v) is 4.21. The van der Waals surface area contributed by atoms with E-state index in [1.807, 2.05) is 30.3 Å². The molecule has 0 spiro atoms. The van der Waals surface area contributed by atoms with Crippen molar-refractivity contribution in [3.8, 4) is 11.3 Å². The van der Waals surface area contributed by atoms with Crippen LogP contribution in [0.1, 0.15) is 42.8 Å². The average molecular weight is 300 g/mol. The molecule has 1 saturated heterocycles. The highest BCUT2D eigenvalue weighted by molar-refractivity contribution is 7.17. The van der Waals surface area contributed by atoms with Gasteiger partial charge in [0.05, 0.1) is 10.6 Å². The second-order valence-electron chi connectivity index (χ2n) is 5.59. The summed E-state index contributed by atoms with van der Waals surface area (Å²) in [4.78, 5) is 19.3. The maximum absolute atomic E-state index is 11.4. The maximum Gasteiger partial charge on any atom is 0.187 e. The third-order valence-electron chi connectivity index (χ3n) is 4.27. The first-order chi connectivity index (χ1) is 10.2. The number of hydrogen-bond acceptors (Lipinski definition) is 4. The van der Waals surface area contributed by atoms with Crippen molar-refractivity contribution < 1.29 is 4.79 Å². The van der Waals surface area contributed by atoms with Gasteiger partial charge < -0.3 is 4.90 Å². The van der Waals surface area contributed by atoms with Gasteiger partial charge in [-0.2, -0.15) is 0 Å². The van der Waals surface area contributed by atoms with Crippen LogP contribution in [0.3, 0.4) is 0 Å². The van der Waals surface area contributed by atoms with Gasteiger partial charge in [0, 0.05) is 17.6 Å². The Balaban J connectivity index is 2.02. The maximum atomic E-state index is 11.4. The van der Waals surface area contributed by atoms with Crippen molar-refractivity contribution in [3.05, 3.63) is 35.2 Å². The topological polar surface area (TPSA) is 33.2 Å². The summed E-state index contributed by atoms with van der Waals surface area (Å²) in [6, 6.07) is 11.0. The number of carbonyl (C=O) groups excluding carboxylic acids is 1. The van der Waals surface area contributed by atoms with E-state index in [2.05, 4.69) is 18.7 Å². The first-order valence-corrected chi connectivity index (χ1v) is 8.36. The number of nitrogens with zero attached hydrogens (tertiary/aromatic N) is 2. The van der Waals surface area contributed by atoms with Crippen molar-refractivity contribution in [2.45, 2.75) is 45.2 Å². The first kappa shape index (κ1) is 14.3. The molecular weight excluding hydrogens is 280 g/mol. The van der Waals surface area contributed by atoms with Gasteiger partial charge in [-0.1, -0.05) is 48.6 Å². The summed E-state index contributed by atoms with van der Waals surface area (Å²) in [7, 11) is 0. The van der Waals surface area contributed by atoms with Gasteiger partial charge in [0.15, 0.2) is 11.4 Å². The molecule has 2 heterocycles. The van der Waals surface area contributed by atoms with Crippen LogP contribution in [0.2, 0.25) is 0 Å². The minimum absolute atomic E-state index is 0.504. The Morgan fingerprint density at radius 2 is 2.10 bits per heavy atom. The van der Waals surface area contributed by atoms with Gasteiger partial charge in [0.2, 0.25) is 0 Å². The lowest BCUT2D eigenvalue weighted by Gasteiger charge is -2.27. The molecule has 1 aromatic carbocycles. The molecule has 2 aromatic rings. The van der Waals surface area contributed by atoms with Crippen LogP contribution in [0.15, 0.2) is 30.3 Å². The Bertz CT molecular complexity index is 623. The average Bonchev–Trinajstić information content (AvgIpc) is 3.10. The van der Waals surface area contributed by atoms with Crippen molar-refractivity contribution in [1.29, 1.82) is 0 Å². The van der Waals surface area contributed by atoms with E-state index in [0.717, 1.165) is 34.0 Å². The monoisotopic (exact) mass is 300 g/mol. The fraction of sp³-hybridized carbons (Fsp3) is 0.412. The Labute approximate surface area is 129 Å². The molecule has 0 radical (unpaired) electrons. The van der Waals surface area contributed by atoms with Crippen molar-refractivity contribution in [3.63, 3.8) is 0 Å². The molecule has 1 aliphatic heterocycles. The number of aldehydes is 1. The fourth-order valence-electron chi connectivity index (χ4n) is 3.13. The predicted octanol–water partition coefficient (Wildman–Crippen LogP) is 4.39. The summed E-state index contributed by atoms with van der Waals surface area (Å²) in [6.45, 7) is 4.47. The molecule has 3 rings (SSSR count). The van der Waals surface area contributed by atoms with Gasteiger partial charge in [0.25, 0.3) is 0 Å². The summed E-state index contributed by atoms with van der Waals surface area (Å²) in [5.41, 5.74) is 1.83. The highest BCUT2D eigenvalue weighted by Gasteiger charge is 2.32. The lowest BCUT2D eigenvalue weighted by Crippen LogP contribution is -2.33. The summed E-state index contributed by atoms with van der Waals surface area (Å²) >= 11 is 1.52. The molecule has 2 unspecified atom stereocenters. The van der Waals surface area contributed by atoms with E-state index < -0.39 is 0 Å². The van der Waals surface area contributed by atoms with Crippen molar-refractivity contribution >= 4 is 22.8 Å². The van der Waals surface area contributed by atoms with Gasteiger partial charge in [-0.25, -0.2) is 4.98 Å². The van der Waals surface area contributed by atoms with Crippen molar-refractivity contribution in [2.75, 3.05) is 4.90 Å². The minimum Gasteiger partial charge on any atom is -0.342 e. The molecular formula is C17H20N2OS. The van der Waals surface area contributed by atoms with Crippen LogP contribution in [0, 0.1) is 0 Å². The van der Waals surface area contributed by atoms with Gasteiger partial charge >= 0.3 is 0 Å². The zero-order valence-corrected chi connectivity index (χ0v) is 13.3. The van der Waals surface area contributed by atoms with E-state index in [-0.39, 0.29) is 0 Å². The Morgan fingerprint density at radius 1 is 1.33 bits per heavy atom. The second kappa shape index (κ2) is 5.98. The predicted molar refractivity (Wildman–Crippen MR) is 88.2 cm³/mol. The molecule has 1 aromatic heterocycles. The summed E-state index contributed by atoms with van der Waals surface area (Å²) < 4.78 is 0. The lowest BCUT2D eigenvalue weighted by atomic mass is 10.1. The number of benzene rings is 1. The number of thiazole rings is 1. The summed E-state index contributed by atoms with van der Waals surface area (Å²) in [5.74, 6) is 0. The number of rotatable bonds is 4. The Hall–Kier alpha value is -1.68. The van der Waals surface area contributed by atoms with Crippen LogP contribution >= 0.6 is 11.3 Å². The molecule has 1 aliphatic rings. The van der Waals surface area contributed by atoms with Gasteiger partial charge in [-0.15, -0.1) is 0 Å². The molecule has 0 N–H and O–H groups in total. The molecule has 4 heteroatoms. The number of hydrogen-bond donors (Lipinski definition) is 0. The third kappa shape index (κ3) is 2.60. The quantitative estimate of drug-likeness (QED) is 0.785. The highest BCUT2D eigenvalue weighted by atomic mass is 32.1. The summed E-state index contributed by atoms with van der Waals surface area (Å²) in [6.07, 6.45) is 4.48. The lowest BCUT2D eigenvalue weighted by molar-refractivity contribution is 0.112. The molecule has 0 bridgehead atoms. The molecule has 0 saturated carbocycles. The number of anilines is 1. The molecule has 0 amide bonds. The Morgan fingerprint density at radius 3 is 2.76 bits per heavy atom. The molecule has 3 nitrogen and oxygen atoms in total. The number of aromatic nitrogens is 1. The van der Waals surface area contributed by atoms with Crippen molar-refractivity contribution in [2.24, 2.45) is 0 Å². The van der Waals surface area contributed by atoms with E-state index >= 15 is 0 Å². The molecule has 110 valence electrons. The zero-order valence-electron chi connectivity index (χ0n) is 12.5. The zero-order chi connectivity index (χ0) is 14.8. The minimum atomic E-state index is 0.504. The summed E-state index contributed by atoms with van der Waals surface area (Å²) in [5, 5.41) is 0.993. The van der Waals surface area contributed by atoms with E-state index in [1.54, 1.807) is 0 Å². The van der Waals surface area contributed by atoms with Crippen LogP contribution in [0.5, 0.6) is 0 Å². The third-order valence-corrected chi connectivity index (χ3v) is 5.27. The van der Waals surface area contributed by atoms with Crippen LogP contribution in [0.25, 0.3) is 11.3 Å². The number of carbonyl (C=O) groups is 1. The smallest absolute Gasteiger partial charge is 0.187 e. The van der Waals surface area contributed by atoms with Crippen LogP contribution in [0.4, 0.5) is 5.13 Å².